The Labute approximate surface area is 219 Å². The normalized spacial score (nSPS) is 29.1. The Balaban J connectivity index is 1.55. The van der Waals surface area contributed by atoms with E-state index in [4.69, 9.17) is 20.0 Å². The quantitative estimate of drug-likeness (QED) is 0.444. The van der Waals surface area contributed by atoms with Crippen molar-refractivity contribution in [3.05, 3.63) is 23.8 Å². The Bertz CT molecular complexity index is 1200. The summed E-state index contributed by atoms with van der Waals surface area (Å²) < 4.78 is 59.4. The van der Waals surface area contributed by atoms with E-state index < -0.39 is 21.7 Å². The number of hydrogen-bond donors (Lipinski definition) is 2. The number of hydrazone groups is 1. The lowest BCUT2D eigenvalue weighted by molar-refractivity contribution is 0.129. The van der Waals surface area contributed by atoms with Crippen LogP contribution in [0.15, 0.2) is 38.2 Å². The Kier molecular flexibility index (Phi) is 8.24. The summed E-state index contributed by atoms with van der Waals surface area (Å²) in [5, 5.41) is 19.1. The molecule has 0 radical (unpaired) electrons. The fraction of sp³-hybridized carbons (Fsp3) is 0.609. The van der Waals surface area contributed by atoms with Gasteiger partial charge in [-0.2, -0.15) is 22.3 Å². The summed E-state index contributed by atoms with van der Waals surface area (Å²) in [7, 11) is -2.48. The van der Waals surface area contributed by atoms with Crippen LogP contribution in [0.1, 0.15) is 45.1 Å². The second kappa shape index (κ2) is 10.9. The van der Waals surface area contributed by atoms with Crippen LogP contribution in [-0.2, 0) is 14.5 Å². The van der Waals surface area contributed by atoms with E-state index in [1.54, 1.807) is 29.4 Å². The summed E-state index contributed by atoms with van der Waals surface area (Å²) in [6.45, 7) is 2.77. The van der Waals surface area contributed by atoms with Crippen molar-refractivity contribution < 1.29 is 31.2 Å². The van der Waals surface area contributed by atoms with Gasteiger partial charge in [0.15, 0.2) is 6.17 Å². The minimum atomic E-state index is -4.00. The van der Waals surface area contributed by atoms with Crippen LogP contribution in [0.25, 0.3) is 0 Å². The highest BCUT2D eigenvalue weighted by Crippen LogP contribution is 2.40. The number of hydrogen-bond acceptors (Lipinski definition) is 9. The van der Waals surface area contributed by atoms with E-state index in [0.29, 0.717) is 65.2 Å². The van der Waals surface area contributed by atoms with Gasteiger partial charge in [-0.15, -0.1) is 0 Å². The molecular formula is C23H31F2N5O5S2. The average Bonchev–Trinajstić information content (AvgIpc) is 3.31. The molecule has 2 heterocycles. The van der Waals surface area contributed by atoms with E-state index in [1.165, 1.54) is 7.11 Å². The van der Waals surface area contributed by atoms with Gasteiger partial charge < -0.3 is 9.84 Å². The van der Waals surface area contributed by atoms with Crippen LogP contribution < -0.4 is 9.88 Å². The molecule has 0 amide bonds. The number of nitrogens with two attached hydrogens (primary N) is 1. The van der Waals surface area contributed by atoms with E-state index in [2.05, 4.69) is 9.18 Å². The molecule has 0 bridgehead atoms. The molecule has 1 saturated carbocycles. The number of amidine groups is 1. The Morgan fingerprint density at radius 2 is 2.11 bits per heavy atom. The number of alkyl halides is 2. The zero-order chi connectivity index (χ0) is 27.0. The van der Waals surface area contributed by atoms with Gasteiger partial charge in [-0.05, 0) is 43.4 Å². The summed E-state index contributed by atoms with van der Waals surface area (Å²) >= 11 is 0.461. The molecule has 37 heavy (non-hydrogen) atoms. The average molecular weight is 560 g/mol. The van der Waals surface area contributed by atoms with Crippen LogP contribution in [0, 0.1) is 11.8 Å². The van der Waals surface area contributed by atoms with Crippen LogP contribution in [0.4, 0.5) is 8.78 Å². The smallest absolute Gasteiger partial charge is 0.333 e. The monoisotopic (exact) mass is 559 g/mol. The van der Waals surface area contributed by atoms with Crippen molar-refractivity contribution in [2.45, 2.75) is 68.0 Å². The third kappa shape index (κ3) is 6.85. The van der Waals surface area contributed by atoms with E-state index in [-0.39, 0.29) is 30.7 Å². The number of halogens is 2. The van der Waals surface area contributed by atoms with Gasteiger partial charge in [0.25, 0.3) is 5.25 Å². The van der Waals surface area contributed by atoms with Crippen LogP contribution in [0.3, 0.4) is 0 Å². The second-order valence-electron chi connectivity index (χ2n) is 9.46. The molecule has 5 atom stereocenters. The van der Waals surface area contributed by atoms with Crippen molar-refractivity contribution in [1.82, 2.24) is 5.01 Å². The molecule has 0 aromatic heterocycles. The summed E-state index contributed by atoms with van der Waals surface area (Å²) in [4.78, 5) is 9.81. The molecule has 1 aliphatic carbocycles. The SMILES string of the molecule is COc1ccc(SC(C)(F)F)cc1C1=NN2C(=NC3CC(CCOS(N)(=O)=O)CC3O)CC=NC2C1C. The Hall–Kier alpha value is -2.13. The van der Waals surface area contributed by atoms with Gasteiger partial charge in [0.05, 0.1) is 31.6 Å². The van der Waals surface area contributed by atoms with Crippen molar-refractivity contribution in [2.75, 3.05) is 13.7 Å². The van der Waals surface area contributed by atoms with Crippen LogP contribution in [0.5, 0.6) is 5.75 Å². The molecule has 4 rings (SSSR count). The van der Waals surface area contributed by atoms with Gasteiger partial charge in [0.1, 0.15) is 11.6 Å². The molecule has 0 saturated heterocycles. The molecule has 10 nitrogen and oxygen atoms in total. The van der Waals surface area contributed by atoms with Gasteiger partial charge in [0, 0.05) is 35.9 Å². The van der Waals surface area contributed by atoms with Gasteiger partial charge in [-0.1, -0.05) is 18.7 Å². The van der Waals surface area contributed by atoms with E-state index in [0.717, 1.165) is 6.92 Å². The molecule has 0 spiro atoms. The molecule has 14 heteroatoms. The molecule has 5 unspecified atom stereocenters. The minimum absolute atomic E-state index is 0.0388. The molecule has 3 aliphatic rings. The zero-order valence-electron chi connectivity index (χ0n) is 20.8. The number of ether oxygens (including phenoxy) is 1. The minimum Gasteiger partial charge on any atom is -0.496 e. The first-order valence-electron chi connectivity index (χ1n) is 11.9. The van der Waals surface area contributed by atoms with Crippen LogP contribution in [-0.4, -0.2) is 73.6 Å². The van der Waals surface area contributed by atoms with Crippen LogP contribution >= 0.6 is 11.8 Å². The number of aliphatic hydroxyl groups excluding tert-OH is 1. The highest BCUT2D eigenvalue weighted by Gasteiger charge is 2.41. The maximum Gasteiger partial charge on any atom is 0.333 e. The molecule has 204 valence electrons. The Morgan fingerprint density at radius 3 is 2.78 bits per heavy atom. The number of rotatable bonds is 9. The molecule has 1 fully saturated rings. The topological polar surface area (TPSA) is 139 Å². The first-order valence-corrected chi connectivity index (χ1v) is 14.2. The number of aliphatic hydroxyl groups is 1. The van der Waals surface area contributed by atoms with Gasteiger partial charge in [-0.3, -0.25) is 14.2 Å². The fourth-order valence-corrected chi connectivity index (χ4v) is 5.97. The highest BCUT2D eigenvalue weighted by atomic mass is 32.2. The number of methoxy groups -OCH3 is 1. The predicted octanol–water partition coefficient (Wildman–Crippen LogP) is 3.00. The van der Waals surface area contributed by atoms with Gasteiger partial charge in [0.2, 0.25) is 0 Å². The van der Waals surface area contributed by atoms with Gasteiger partial charge in [-0.25, -0.2) is 10.1 Å². The van der Waals surface area contributed by atoms with Crippen molar-refractivity contribution >= 4 is 39.8 Å². The molecule has 3 N–H and O–H groups in total. The molecule has 2 aliphatic heterocycles. The number of aliphatic imine (C=N–C) groups is 2. The highest BCUT2D eigenvalue weighted by molar-refractivity contribution is 8.00. The van der Waals surface area contributed by atoms with E-state index >= 15 is 0 Å². The van der Waals surface area contributed by atoms with Crippen molar-refractivity contribution in [2.24, 2.45) is 32.1 Å². The summed E-state index contributed by atoms with van der Waals surface area (Å²) in [6.07, 6.45) is 2.64. The maximum atomic E-state index is 13.6. The summed E-state index contributed by atoms with van der Waals surface area (Å²) in [6, 6.07) is 4.53. The fourth-order valence-electron chi connectivity index (χ4n) is 4.92. The standard InChI is InChI=1S/C23H31F2N5O5S2/c1-13-21(16-12-15(36-23(2,24)25)4-5-19(16)34-3)29-30-20(6-8-27-22(13)30)28-17-10-14(11-18(17)31)7-9-35-37(26,32)33/h4-5,8,12-14,17-18,22,31H,6-7,9-11H2,1-3H3,(H2,26,32,33). The van der Waals surface area contributed by atoms with E-state index in [9.17, 15) is 22.3 Å². The van der Waals surface area contributed by atoms with Crippen molar-refractivity contribution in [3.63, 3.8) is 0 Å². The van der Waals surface area contributed by atoms with Crippen molar-refractivity contribution in [1.29, 1.82) is 0 Å². The van der Waals surface area contributed by atoms with Crippen molar-refractivity contribution in [3.8, 4) is 5.75 Å². The van der Waals surface area contributed by atoms with Gasteiger partial charge >= 0.3 is 10.3 Å². The van der Waals surface area contributed by atoms with E-state index in [1.807, 2.05) is 6.92 Å². The largest absolute Gasteiger partial charge is 0.496 e. The first-order chi connectivity index (χ1) is 17.3. The molecular weight excluding hydrogens is 528 g/mol. The number of nitrogens with zero attached hydrogens (tertiary/aromatic N) is 4. The molecule has 1 aromatic carbocycles. The zero-order valence-corrected chi connectivity index (χ0v) is 22.4. The predicted molar refractivity (Wildman–Crippen MR) is 138 cm³/mol. The lowest BCUT2D eigenvalue weighted by Crippen LogP contribution is -2.39. The summed E-state index contributed by atoms with van der Waals surface area (Å²) in [5.41, 5.74) is 1.27. The molecule has 1 aromatic rings. The maximum absolute atomic E-state index is 13.6. The lowest BCUT2D eigenvalue weighted by Gasteiger charge is -2.28. The Morgan fingerprint density at radius 1 is 1.35 bits per heavy atom. The second-order valence-corrected chi connectivity index (χ2v) is 12.1. The lowest BCUT2D eigenvalue weighted by atomic mass is 9.96. The third-order valence-corrected chi connectivity index (χ3v) is 7.91. The summed E-state index contributed by atoms with van der Waals surface area (Å²) in [5.74, 6) is 1.04. The third-order valence-electron chi connectivity index (χ3n) is 6.57. The van der Waals surface area contributed by atoms with Crippen LogP contribution in [0.2, 0.25) is 0 Å². The number of fused-ring (bicyclic) bond motifs is 1. The number of thioether (sulfide) groups is 1. The number of benzene rings is 1. The first kappa shape index (κ1) is 27.9.